The van der Waals surface area contributed by atoms with Gasteiger partial charge in [-0.25, -0.2) is 0 Å². The molecule has 0 unspecified atom stereocenters. The SMILES string of the molecule is Nc1ccc2c(c1)CCCN2CC(=O)N1CCCC1=O. The molecule has 0 bridgehead atoms. The fraction of sp³-hybridized carbons (Fsp3) is 0.467. The molecule has 2 aliphatic heterocycles. The zero-order valence-electron chi connectivity index (χ0n) is 11.5. The number of anilines is 2. The molecule has 1 aromatic carbocycles. The monoisotopic (exact) mass is 273 g/mol. The molecule has 2 amide bonds. The van der Waals surface area contributed by atoms with Crippen LogP contribution in [0.2, 0.25) is 0 Å². The van der Waals surface area contributed by atoms with E-state index in [1.807, 2.05) is 18.2 Å². The predicted molar refractivity (Wildman–Crippen MR) is 77.3 cm³/mol. The molecule has 5 nitrogen and oxygen atoms in total. The van der Waals surface area contributed by atoms with Crippen molar-refractivity contribution in [3.05, 3.63) is 23.8 Å². The minimum atomic E-state index is -0.0859. The molecule has 5 heteroatoms. The molecule has 3 rings (SSSR count). The van der Waals surface area contributed by atoms with E-state index in [0.717, 1.165) is 37.2 Å². The molecular formula is C15H19N3O2. The number of imide groups is 1. The summed E-state index contributed by atoms with van der Waals surface area (Å²) < 4.78 is 0. The summed E-state index contributed by atoms with van der Waals surface area (Å²) in [5, 5.41) is 0. The van der Waals surface area contributed by atoms with Gasteiger partial charge in [0.15, 0.2) is 0 Å². The molecule has 2 heterocycles. The normalized spacial score (nSPS) is 18.3. The Morgan fingerprint density at radius 2 is 2.00 bits per heavy atom. The van der Waals surface area contributed by atoms with Crippen LogP contribution in [0.4, 0.5) is 11.4 Å². The number of likely N-dealkylation sites (tertiary alicyclic amines) is 1. The van der Waals surface area contributed by atoms with Crippen molar-refractivity contribution in [3.63, 3.8) is 0 Å². The van der Waals surface area contributed by atoms with Gasteiger partial charge >= 0.3 is 0 Å². The van der Waals surface area contributed by atoms with Crippen LogP contribution < -0.4 is 10.6 Å². The summed E-state index contributed by atoms with van der Waals surface area (Å²) in [5.41, 5.74) is 8.83. The Balaban J connectivity index is 1.76. The van der Waals surface area contributed by atoms with Crippen LogP contribution in [0.1, 0.15) is 24.8 Å². The molecule has 0 spiro atoms. The van der Waals surface area contributed by atoms with Gasteiger partial charge in [0.1, 0.15) is 0 Å². The molecule has 0 atom stereocenters. The molecule has 1 saturated heterocycles. The number of benzene rings is 1. The van der Waals surface area contributed by atoms with Gasteiger partial charge in [0.25, 0.3) is 0 Å². The number of aryl methyl sites for hydroxylation is 1. The molecule has 1 aromatic rings. The summed E-state index contributed by atoms with van der Waals surface area (Å²) in [6.45, 7) is 1.70. The van der Waals surface area contributed by atoms with Gasteiger partial charge < -0.3 is 10.6 Å². The van der Waals surface area contributed by atoms with E-state index in [9.17, 15) is 9.59 Å². The maximum atomic E-state index is 12.2. The van der Waals surface area contributed by atoms with Crippen LogP contribution in [0.25, 0.3) is 0 Å². The zero-order valence-corrected chi connectivity index (χ0v) is 11.5. The Kier molecular flexibility index (Phi) is 3.34. The number of nitrogens with zero attached hydrogens (tertiary/aromatic N) is 2. The van der Waals surface area contributed by atoms with E-state index in [2.05, 4.69) is 4.90 Å². The van der Waals surface area contributed by atoms with E-state index in [0.29, 0.717) is 13.0 Å². The molecule has 2 aliphatic rings. The van der Waals surface area contributed by atoms with Crippen LogP contribution in [0.5, 0.6) is 0 Å². The zero-order chi connectivity index (χ0) is 14.1. The Morgan fingerprint density at radius 3 is 2.75 bits per heavy atom. The quantitative estimate of drug-likeness (QED) is 0.821. The van der Waals surface area contributed by atoms with Crippen LogP contribution in [0.3, 0.4) is 0 Å². The van der Waals surface area contributed by atoms with Crippen molar-refractivity contribution in [1.29, 1.82) is 0 Å². The van der Waals surface area contributed by atoms with Crippen molar-refractivity contribution in [2.75, 3.05) is 30.3 Å². The van der Waals surface area contributed by atoms with Gasteiger partial charge in [0.2, 0.25) is 11.8 Å². The van der Waals surface area contributed by atoms with Crippen molar-refractivity contribution in [2.45, 2.75) is 25.7 Å². The maximum Gasteiger partial charge on any atom is 0.248 e. The van der Waals surface area contributed by atoms with Crippen LogP contribution >= 0.6 is 0 Å². The summed E-state index contributed by atoms with van der Waals surface area (Å²) in [7, 11) is 0. The number of fused-ring (bicyclic) bond motifs is 1. The smallest absolute Gasteiger partial charge is 0.248 e. The molecule has 0 aromatic heterocycles. The average molecular weight is 273 g/mol. The fourth-order valence-corrected chi connectivity index (χ4v) is 3.02. The first kappa shape index (κ1) is 13.0. The molecule has 0 aliphatic carbocycles. The van der Waals surface area contributed by atoms with Crippen LogP contribution in [-0.4, -0.2) is 36.3 Å². The van der Waals surface area contributed by atoms with E-state index in [-0.39, 0.29) is 18.4 Å². The molecule has 1 fully saturated rings. The van der Waals surface area contributed by atoms with Gasteiger partial charge in [0.05, 0.1) is 6.54 Å². The van der Waals surface area contributed by atoms with E-state index in [4.69, 9.17) is 5.73 Å². The van der Waals surface area contributed by atoms with Crippen molar-refractivity contribution in [3.8, 4) is 0 Å². The highest BCUT2D eigenvalue weighted by atomic mass is 16.2. The lowest BCUT2D eigenvalue weighted by atomic mass is 10.0. The summed E-state index contributed by atoms with van der Waals surface area (Å²) in [5.74, 6) is -0.123. The molecule has 2 N–H and O–H groups in total. The molecule has 0 saturated carbocycles. The first-order valence-electron chi connectivity index (χ1n) is 7.12. The van der Waals surface area contributed by atoms with Crippen molar-refractivity contribution in [2.24, 2.45) is 0 Å². The Morgan fingerprint density at radius 1 is 1.20 bits per heavy atom. The summed E-state index contributed by atoms with van der Waals surface area (Å²) in [6.07, 6.45) is 3.29. The second-order valence-corrected chi connectivity index (χ2v) is 5.46. The minimum Gasteiger partial charge on any atom is -0.399 e. The molecule has 0 radical (unpaired) electrons. The second-order valence-electron chi connectivity index (χ2n) is 5.46. The van der Waals surface area contributed by atoms with Crippen LogP contribution in [-0.2, 0) is 16.0 Å². The van der Waals surface area contributed by atoms with Gasteiger partial charge in [-0.05, 0) is 43.0 Å². The topological polar surface area (TPSA) is 66.6 Å². The fourth-order valence-electron chi connectivity index (χ4n) is 3.02. The van der Waals surface area contributed by atoms with E-state index in [1.54, 1.807) is 0 Å². The number of nitrogen functional groups attached to an aromatic ring is 1. The van der Waals surface area contributed by atoms with Crippen LogP contribution in [0, 0.1) is 0 Å². The van der Waals surface area contributed by atoms with Crippen molar-refractivity contribution < 1.29 is 9.59 Å². The third-order valence-electron chi connectivity index (χ3n) is 4.02. The van der Waals surface area contributed by atoms with Gasteiger partial charge in [-0.1, -0.05) is 0 Å². The molecule has 20 heavy (non-hydrogen) atoms. The van der Waals surface area contributed by atoms with Crippen molar-refractivity contribution >= 4 is 23.2 Å². The van der Waals surface area contributed by atoms with Gasteiger partial charge in [-0.15, -0.1) is 0 Å². The average Bonchev–Trinajstić information content (AvgIpc) is 2.85. The molecule has 106 valence electrons. The minimum absolute atomic E-state index is 0.0375. The van der Waals surface area contributed by atoms with E-state index >= 15 is 0 Å². The number of nitrogens with two attached hydrogens (primary N) is 1. The first-order valence-corrected chi connectivity index (χ1v) is 7.12. The Bertz CT molecular complexity index is 556. The Hall–Kier alpha value is -2.04. The van der Waals surface area contributed by atoms with Gasteiger partial charge in [-0.2, -0.15) is 0 Å². The summed E-state index contributed by atoms with van der Waals surface area (Å²) >= 11 is 0. The number of amides is 2. The second kappa shape index (κ2) is 5.15. The number of hydrogen-bond donors (Lipinski definition) is 1. The number of rotatable bonds is 2. The lowest BCUT2D eigenvalue weighted by Crippen LogP contribution is -2.42. The highest BCUT2D eigenvalue weighted by molar-refractivity contribution is 5.98. The van der Waals surface area contributed by atoms with E-state index < -0.39 is 0 Å². The number of hydrogen-bond acceptors (Lipinski definition) is 4. The van der Waals surface area contributed by atoms with E-state index in [1.165, 1.54) is 10.5 Å². The third kappa shape index (κ3) is 2.35. The molecular weight excluding hydrogens is 254 g/mol. The Labute approximate surface area is 118 Å². The lowest BCUT2D eigenvalue weighted by molar-refractivity contribution is -0.140. The largest absolute Gasteiger partial charge is 0.399 e. The van der Waals surface area contributed by atoms with Gasteiger partial charge in [-0.3, -0.25) is 14.5 Å². The summed E-state index contributed by atoms with van der Waals surface area (Å²) in [6, 6.07) is 5.82. The standard InChI is InChI=1S/C15H19N3O2/c16-12-5-6-13-11(9-12)3-1-7-17(13)10-15(20)18-8-2-4-14(18)19/h5-6,9H,1-4,7-8,10,16H2. The van der Waals surface area contributed by atoms with Crippen LogP contribution in [0.15, 0.2) is 18.2 Å². The predicted octanol–water partition coefficient (Wildman–Crippen LogP) is 1.17. The van der Waals surface area contributed by atoms with Gasteiger partial charge in [0, 0.05) is 30.9 Å². The lowest BCUT2D eigenvalue weighted by Gasteiger charge is -2.31. The van der Waals surface area contributed by atoms with Crippen molar-refractivity contribution in [1.82, 2.24) is 4.90 Å². The number of carbonyl (C=O) groups is 2. The maximum absolute atomic E-state index is 12.2. The highest BCUT2D eigenvalue weighted by Crippen LogP contribution is 2.28. The first-order chi connectivity index (χ1) is 9.65. The summed E-state index contributed by atoms with van der Waals surface area (Å²) in [4.78, 5) is 27.3. The highest BCUT2D eigenvalue weighted by Gasteiger charge is 2.28. The third-order valence-corrected chi connectivity index (χ3v) is 4.02. The number of carbonyl (C=O) groups excluding carboxylic acids is 2.